The van der Waals surface area contributed by atoms with Crippen molar-refractivity contribution in [1.82, 2.24) is 15.1 Å². The Morgan fingerprint density at radius 3 is 2.38 bits per heavy atom. The van der Waals surface area contributed by atoms with Crippen LogP contribution in [0.1, 0.15) is 29.6 Å². The van der Waals surface area contributed by atoms with Crippen LogP contribution in [0.2, 0.25) is 0 Å². The summed E-state index contributed by atoms with van der Waals surface area (Å²) in [6.45, 7) is 4.37. The van der Waals surface area contributed by atoms with Crippen LogP contribution in [0.4, 0.5) is 0 Å². The van der Waals surface area contributed by atoms with Crippen molar-refractivity contribution in [2.24, 2.45) is 11.3 Å². The summed E-state index contributed by atoms with van der Waals surface area (Å²) in [5, 5.41) is 12.9. The third kappa shape index (κ3) is 3.53. The second kappa shape index (κ2) is 7.45. The fraction of sp³-hybridized carbons (Fsp3) is 0.579. The number of phenols is 1. The monoisotopic (exact) mass is 379 g/mol. The Hall–Kier alpha value is -1.79. The molecule has 2 saturated heterocycles. The molecular weight excluding hydrogens is 354 g/mol. The van der Waals surface area contributed by atoms with E-state index in [-0.39, 0.29) is 41.3 Å². The predicted molar refractivity (Wildman–Crippen MR) is 100 cm³/mol. The molecule has 2 heterocycles. The van der Waals surface area contributed by atoms with E-state index in [4.69, 9.17) is 0 Å². The van der Waals surface area contributed by atoms with Gasteiger partial charge in [0, 0.05) is 37.7 Å². The van der Waals surface area contributed by atoms with Crippen LogP contribution in [0.5, 0.6) is 5.75 Å². The molecule has 7 heteroatoms. The molecule has 1 aliphatic carbocycles. The molecule has 0 aromatic heterocycles. The smallest absolute Gasteiger partial charge is 0.254 e. The van der Waals surface area contributed by atoms with E-state index in [2.05, 4.69) is 5.32 Å². The first kappa shape index (κ1) is 19.0. The van der Waals surface area contributed by atoms with Gasteiger partial charge in [0.1, 0.15) is 5.75 Å². The van der Waals surface area contributed by atoms with Crippen molar-refractivity contribution in [2.75, 3.05) is 39.3 Å². The Morgan fingerprint density at radius 2 is 1.73 bits per heavy atom. The Morgan fingerprint density at radius 1 is 1.08 bits per heavy atom. The molecule has 1 aromatic carbocycles. The van der Waals surface area contributed by atoms with Gasteiger partial charge in [0.2, 0.25) is 5.91 Å². The molecule has 3 aliphatic rings. The van der Waals surface area contributed by atoms with Gasteiger partial charge >= 0.3 is 0 Å². The minimum absolute atomic E-state index is 0. The Balaban J connectivity index is 0.00000196. The molecule has 1 spiro atoms. The van der Waals surface area contributed by atoms with E-state index in [1.165, 1.54) is 6.07 Å². The van der Waals surface area contributed by atoms with Crippen LogP contribution in [0, 0.1) is 11.3 Å². The van der Waals surface area contributed by atoms with Crippen molar-refractivity contribution in [1.29, 1.82) is 0 Å². The lowest BCUT2D eigenvalue weighted by Crippen LogP contribution is -2.51. The van der Waals surface area contributed by atoms with Gasteiger partial charge in [0.05, 0.1) is 0 Å². The van der Waals surface area contributed by atoms with Crippen molar-refractivity contribution in [3.8, 4) is 5.75 Å². The number of piperidine rings is 1. The summed E-state index contributed by atoms with van der Waals surface area (Å²) in [6, 6.07) is 6.43. The summed E-state index contributed by atoms with van der Waals surface area (Å²) in [7, 11) is 0. The van der Waals surface area contributed by atoms with Gasteiger partial charge < -0.3 is 20.2 Å². The van der Waals surface area contributed by atoms with Gasteiger partial charge in [-0.2, -0.15) is 0 Å². The maximum Gasteiger partial charge on any atom is 0.254 e. The summed E-state index contributed by atoms with van der Waals surface area (Å²) in [4.78, 5) is 29.0. The Labute approximate surface area is 159 Å². The molecule has 1 unspecified atom stereocenters. The van der Waals surface area contributed by atoms with Crippen molar-refractivity contribution < 1.29 is 14.7 Å². The third-order valence-corrected chi connectivity index (χ3v) is 6.06. The van der Waals surface area contributed by atoms with Crippen molar-refractivity contribution in [3.63, 3.8) is 0 Å². The van der Waals surface area contributed by atoms with Gasteiger partial charge in [-0.1, -0.05) is 6.07 Å². The number of nitrogens with one attached hydrogen (secondary N) is 1. The molecule has 0 radical (unpaired) electrons. The van der Waals surface area contributed by atoms with Crippen LogP contribution in [0.3, 0.4) is 0 Å². The fourth-order valence-corrected chi connectivity index (χ4v) is 4.35. The fourth-order valence-electron chi connectivity index (χ4n) is 4.35. The topological polar surface area (TPSA) is 72.9 Å². The molecule has 142 valence electrons. The minimum atomic E-state index is -0.0794. The molecule has 1 aromatic rings. The second-order valence-electron chi connectivity index (χ2n) is 7.54. The van der Waals surface area contributed by atoms with E-state index in [0.717, 1.165) is 32.4 Å². The van der Waals surface area contributed by atoms with E-state index in [0.29, 0.717) is 31.7 Å². The second-order valence-corrected chi connectivity index (χ2v) is 7.54. The quantitative estimate of drug-likeness (QED) is 0.816. The number of nitrogens with zero attached hydrogens (tertiary/aromatic N) is 2. The van der Waals surface area contributed by atoms with Crippen LogP contribution in [0.25, 0.3) is 0 Å². The molecular formula is C19H26ClN3O3. The van der Waals surface area contributed by atoms with Crippen molar-refractivity contribution in [2.45, 2.75) is 19.3 Å². The number of aromatic hydroxyl groups is 1. The standard InChI is InChI=1S/C19H25N3O3.ClH/c23-15-3-1-2-14(12-15)17(24)21-8-10-22(11-9-21)18(25)16-13-19(16)4-6-20-7-5-19;/h1-3,12,16,20,23H,4-11,13H2;1H. The highest BCUT2D eigenvalue weighted by molar-refractivity contribution is 5.94. The number of halogens is 1. The van der Waals surface area contributed by atoms with Gasteiger partial charge in [-0.05, 0) is 56.0 Å². The van der Waals surface area contributed by atoms with E-state index in [1.807, 2.05) is 4.90 Å². The molecule has 6 nitrogen and oxygen atoms in total. The zero-order valence-electron chi connectivity index (χ0n) is 14.8. The van der Waals surface area contributed by atoms with Gasteiger partial charge in [0.15, 0.2) is 0 Å². The lowest BCUT2D eigenvalue weighted by Gasteiger charge is -2.35. The Bertz CT molecular complexity index is 682. The van der Waals surface area contributed by atoms with Crippen LogP contribution in [-0.4, -0.2) is 66.0 Å². The summed E-state index contributed by atoms with van der Waals surface area (Å²) in [5.74, 6) is 0.499. The molecule has 1 atom stereocenters. The summed E-state index contributed by atoms with van der Waals surface area (Å²) < 4.78 is 0. The van der Waals surface area contributed by atoms with Crippen LogP contribution >= 0.6 is 12.4 Å². The highest BCUT2D eigenvalue weighted by atomic mass is 35.5. The van der Waals surface area contributed by atoms with Crippen molar-refractivity contribution in [3.05, 3.63) is 29.8 Å². The number of rotatable bonds is 2. The van der Waals surface area contributed by atoms with E-state index < -0.39 is 0 Å². The third-order valence-electron chi connectivity index (χ3n) is 6.06. The molecule has 26 heavy (non-hydrogen) atoms. The zero-order valence-corrected chi connectivity index (χ0v) is 15.6. The number of piperazine rings is 1. The summed E-state index contributed by atoms with van der Waals surface area (Å²) in [6.07, 6.45) is 3.26. The highest BCUT2D eigenvalue weighted by Gasteiger charge is 2.58. The lowest BCUT2D eigenvalue weighted by atomic mass is 9.91. The van der Waals surface area contributed by atoms with Crippen molar-refractivity contribution >= 4 is 24.2 Å². The summed E-state index contributed by atoms with van der Waals surface area (Å²) in [5.41, 5.74) is 0.757. The van der Waals surface area contributed by atoms with E-state index in [1.54, 1.807) is 23.1 Å². The first-order chi connectivity index (χ1) is 12.1. The first-order valence-electron chi connectivity index (χ1n) is 9.17. The number of carbonyl (C=O) groups excluding carboxylic acids is 2. The molecule has 4 rings (SSSR count). The SMILES string of the molecule is Cl.O=C(c1cccc(O)c1)N1CCN(C(=O)C2CC23CCNCC3)CC1. The first-order valence-corrected chi connectivity index (χ1v) is 9.17. The number of carbonyl (C=O) groups is 2. The normalized spacial score (nSPS) is 24.1. The van der Waals surface area contributed by atoms with Gasteiger partial charge in [-0.15, -0.1) is 12.4 Å². The maximum atomic E-state index is 12.8. The average Bonchev–Trinajstić information content (AvgIpc) is 3.34. The molecule has 2 aliphatic heterocycles. The van der Waals surface area contributed by atoms with Gasteiger partial charge in [0.25, 0.3) is 5.91 Å². The number of hydrogen-bond acceptors (Lipinski definition) is 4. The molecule has 2 amide bonds. The zero-order chi connectivity index (χ0) is 17.4. The van der Waals surface area contributed by atoms with Gasteiger partial charge in [-0.25, -0.2) is 0 Å². The maximum absolute atomic E-state index is 12.8. The minimum Gasteiger partial charge on any atom is -0.508 e. The number of amides is 2. The van der Waals surface area contributed by atoms with Gasteiger partial charge in [-0.3, -0.25) is 9.59 Å². The summed E-state index contributed by atoms with van der Waals surface area (Å²) >= 11 is 0. The van der Waals surface area contributed by atoms with Crippen LogP contribution < -0.4 is 5.32 Å². The number of benzene rings is 1. The predicted octanol–water partition coefficient (Wildman–Crippen LogP) is 1.49. The van der Waals surface area contributed by atoms with E-state index >= 15 is 0 Å². The molecule has 2 N–H and O–H groups in total. The van der Waals surface area contributed by atoms with E-state index in [9.17, 15) is 14.7 Å². The molecule has 0 bridgehead atoms. The average molecular weight is 380 g/mol. The molecule has 1 saturated carbocycles. The Kier molecular flexibility index (Phi) is 5.44. The largest absolute Gasteiger partial charge is 0.508 e. The van der Waals surface area contributed by atoms with Crippen LogP contribution in [0.15, 0.2) is 24.3 Å². The lowest BCUT2D eigenvalue weighted by molar-refractivity contribution is -0.135. The molecule has 3 fully saturated rings. The highest BCUT2D eigenvalue weighted by Crippen LogP contribution is 2.59. The number of phenolic OH excluding ortho intramolecular Hbond substituents is 1. The van der Waals surface area contributed by atoms with Crippen LogP contribution in [-0.2, 0) is 4.79 Å². The number of hydrogen-bond donors (Lipinski definition) is 2.